The van der Waals surface area contributed by atoms with E-state index in [4.69, 9.17) is 14.2 Å². The fourth-order valence-electron chi connectivity index (χ4n) is 4.55. The standard InChI is InChI=1S/C30H34N4O3/c1-35-30-7-3-5-26(21-30)23-34(22-25-4-2-6-28(20-25)33-13-12-31-24-33)27-8-10-29(11-9-27)37-19-16-32-14-17-36-18-15-32/h2-13,20-21,24H,14-19,22-23H2,1H3. The van der Waals surface area contributed by atoms with Gasteiger partial charge in [-0.25, -0.2) is 4.98 Å². The molecule has 7 heteroatoms. The highest BCUT2D eigenvalue weighted by molar-refractivity contribution is 5.51. The molecule has 1 aliphatic heterocycles. The minimum absolute atomic E-state index is 0.675. The van der Waals surface area contributed by atoms with Crippen LogP contribution in [0.4, 0.5) is 5.69 Å². The molecule has 0 aliphatic carbocycles. The smallest absolute Gasteiger partial charge is 0.119 e. The number of hydrogen-bond acceptors (Lipinski definition) is 6. The van der Waals surface area contributed by atoms with Crippen LogP contribution in [0.3, 0.4) is 0 Å². The molecule has 1 fully saturated rings. The Hall–Kier alpha value is -3.81. The molecule has 2 heterocycles. The predicted octanol–water partition coefficient (Wildman–Crippen LogP) is 4.80. The van der Waals surface area contributed by atoms with E-state index in [1.807, 2.05) is 29.2 Å². The van der Waals surface area contributed by atoms with E-state index in [1.54, 1.807) is 13.3 Å². The fraction of sp³-hybridized carbons (Fsp3) is 0.300. The molecular formula is C30H34N4O3. The van der Waals surface area contributed by atoms with Crippen LogP contribution in [-0.4, -0.2) is 61.0 Å². The van der Waals surface area contributed by atoms with Crippen LogP contribution < -0.4 is 14.4 Å². The van der Waals surface area contributed by atoms with Gasteiger partial charge >= 0.3 is 0 Å². The summed E-state index contributed by atoms with van der Waals surface area (Å²) in [5.74, 6) is 1.75. The van der Waals surface area contributed by atoms with Crippen LogP contribution in [0.1, 0.15) is 11.1 Å². The summed E-state index contributed by atoms with van der Waals surface area (Å²) >= 11 is 0. The fourth-order valence-corrected chi connectivity index (χ4v) is 4.55. The van der Waals surface area contributed by atoms with E-state index in [2.05, 4.69) is 75.4 Å². The zero-order valence-corrected chi connectivity index (χ0v) is 21.3. The van der Waals surface area contributed by atoms with Crippen molar-refractivity contribution in [3.63, 3.8) is 0 Å². The predicted molar refractivity (Wildman–Crippen MR) is 146 cm³/mol. The lowest BCUT2D eigenvalue weighted by Gasteiger charge is -2.27. The van der Waals surface area contributed by atoms with Crippen molar-refractivity contribution in [2.75, 3.05) is 51.5 Å². The number of rotatable bonds is 11. The van der Waals surface area contributed by atoms with Gasteiger partial charge in [-0.2, -0.15) is 0 Å². The molecule has 192 valence electrons. The van der Waals surface area contributed by atoms with Crippen LogP contribution >= 0.6 is 0 Å². The molecule has 0 bridgehead atoms. The number of hydrogen-bond donors (Lipinski definition) is 0. The minimum atomic E-state index is 0.675. The van der Waals surface area contributed by atoms with Crippen molar-refractivity contribution in [1.29, 1.82) is 0 Å². The molecule has 0 atom stereocenters. The van der Waals surface area contributed by atoms with Gasteiger partial charge in [0.15, 0.2) is 0 Å². The van der Waals surface area contributed by atoms with Crippen molar-refractivity contribution in [3.8, 4) is 17.2 Å². The highest BCUT2D eigenvalue weighted by Gasteiger charge is 2.12. The summed E-state index contributed by atoms with van der Waals surface area (Å²) in [5.41, 5.74) is 4.65. The molecule has 4 aromatic rings. The lowest BCUT2D eigenvalue weighted by molar-refractivity contribution is 0.0322. The van der Waals surface area contributed by atoms with E-state index in [0.717, 1.165) is 68.8 Å². The normalized spacial score (nSPS) is 13.9. The van der Waals surface area contributed by atoms with Gasteiger partial charge in [-0.3, -0.25) is 4.90 Å². The van der Waals surface area contributed by atoms with Gasteiger partial charge in [-0.05, 0) is 59.7 Å². The molecule has 1 aromatic heterocycles. The van der Waals surface area contributed by atoms with Gasteiger partial charge in [0.1, 0.15) is 18.1 Å². The Morgan fingerprint density at radius 3 is 2.38 bits per heavy atom. The largest absolute Gasteiger partial charge is 0.497 e. The number of imidazole rings is 1. The van der Waals surface area contributed by atoms with E-state index in [1.165, 1.54) is 11.1 Å². The average Bonchev–Trinajstić information content (AvgIpc) is 3.49. The van der Waals surface area contributed by atoms with E-state index in [9.17, 15) is 0 Å². The van der Waals surface area contributed by atoms with Gasteiger partial charge in [-0.1, -0.05) is 24.3 Å². The maximum atomic E-state index is 6.04. The molecule has 3 aromatic carbocycles. The maximum Gasteiger partial charge on any atom is 0.119 e. The van der Waals surface area contributed by atoms with Gasteiger partial charge in [-0.15, -0.1) is 0 Å². The first kappa shape index (κ1) is 24.9. The summed E-state index contributed by atoms with van der Waals surface area (Å²) in [6.45, 7) is 6.67. The Bertz CT molecular complexity index is 1240. The number of aromatic nitrogens is 2. The first-order valence-electron chi connectivity index (χ1n) is 12.7. The number of benzene rings is 3. The third kappa shape index (κ3) is 6.90. The first-order valence-corrected chi connectivity index (χ1v) is 12.7. The lowest BCUT2D eigenvalue weighted by Crippen LogP contribution is -2.38. The monoisotopic (exact) mass is 498 g/mol. The van der Waals surface area contributed by atoms with Gasteiger partial charge in [0, 0.05) is 56.5 Å². The maximum absolute atomic E-state index is 6.04. The van der Waals surface area contributed by atoms with Crippen molar-refractivity contribution < 1.29 is 14.2 Å². The van der Waals surface area contributed by atoms with Gasteiger partial charge in [0.2, 0.25) is 0 Å². The van der Waals surface area contributed by atoms with Crippen LogP contribution in [0.5, 0.6) is 11.5 Å². The topological polar surface area (TPSA) is 52.0 Å². The van der Waals surface area contributed by atoms with Crippen molar-refractivity contribution in [2.45, 2.75) is 13.1 Å². The molecule has 0 N–H and O–H groups in total. The summed E-state index contributed by atoms with van der Waals surface area (Å²) in [5, 5.41) is 0. The number of nitrogens with zero attached hydrogens (tertiary/aromatic N) is 4. The number of ether oxygens (including phenoxy) is 3. The molecule has 7 nitrogen and oxygen atoms in total. The van der Waals surface area contributed by atoms with Crippen molar-refractivity contribution in [3.05, 3.63) is 103 Å². The Morgan fingerprint density at radius 2 is 1.65 bits per heavy atom. The van der Waals surface area contributed by atoms with Gasteiger partial charge in [0.25, 0.3) is 0 Å². The Kier molecular flexibility index (Phi) is 8.35. The lowest BCUT2D eigenvalue weighted by atomic mass is 10.1. The van der Waals surface area contributed by atoms with Crippen LogP contribution in [0.2, 0.25) is 0 Å². The number of morpholine rings is 1. The molecule has 1 aliphatic rings. The molecule has 0 saturated carbocycles. The Morgan fingerprint density at radius 1 is 0.892 bits per heavy atom. The Balaban J connectivity index is 1.31. The van der Waals surface area contributed by atoms with Crippen molar-refractivity contribution in [2.24, 2.45) is 0 Å². The Labute approximate surface area is 218 Å². The van der Waals surface area contributed by atoms with Crippen LogP contribution in [-0.2, 0) is 17.8 Å². The first-order chi connectivity index (χ1) is 18.3. The molecule has 0 amide bonds. The summed E-state index contributed by atoms with van der Waals surface area (Å²) in [7, 11) is 1.70. The summed E-state index contributed by atoms with van der Waals surface area (Å²) in [6, 6.07) is 25.2. The molecule has 0 radical (unpaired) electrons. The molecule has 37 heavy (non-hydrogen) atoms. The van der Waals surface area contributed by atoms with Crippen LogP contribution in [0.15, 0.2) is 91.5 Å². The van der Waals surface area contributed by atoms with Gasteiger partial charge in [0.05, 0.1) is 26.7 Å². The molecule has 0 spiro atoms. The van der Waals surface area contributed by atoms with Crippen molar-refractivity contribution >= 4 is 5.69 Å². The third-order valence-electron chi connectivity index (χ3n) is 6.58. The third-order valence-corrected chi connectivity index (χ3v) is 6.58. The van der Waals surface area contributed by atoms with Gasteiger partial charge < -0.3 is 23.7 Å². The second-order valence-electron chi connectivity index (χ2n) is 9.14. The van der Waals surface area contributed by atoms with E-state index in [0.29, 0.717) is 6.61 Å². The number of anilines is 1. The van der Waals surface area contributed by atoms with E-state index in [-0.39, 0.29) is 0 Å². The molecule has 0 unspecified atom stereocenters. The zero-order chi connectivity index (χ0) is 25.3. The summed E-state index contributed by atoms with van der Waals surface area (Å²) in [6.07, 6.45) is 5.59. The molecule has 5 rings (SSSR count). The molecule has 1 saturated heterocycles. The van der Waals surface area contributed by atoms with Crippen LogP contribution in [0.25, 0.3) is 5.69 Å². The zero-order valence-electron chi connectivity index (χ0n) is 21.3. The summed E-state index contributed by atoms with van der Waals surface area (Å²) < 4.78 is 19.0. The minimum Gasteiger partial charge on any atom is -0.497 e. The van der Waals surface area contributed by atoms with Crippen molar-refractivity contribution in [1.82, 2.24) is 14.5 Å². The number of methoxy groups -OCH3 is 1. The highest BCUT2D eigenvalue weighted by atomic mass is 16.5. The molecular weight excluding hydrogens is 464 g/mol. The highest BCUT2D eigenvalue weighted by Crippen LogP contribution is 2.25. The van der Waals surface area contributed by atoms with E-state index >= 15 is 0 Å². The summed E-state index contributed by atoms with van der Waals surface area (Å²) in [4.78, 5) is 8.94. The average molecular weight is 499 g/mol. The second kappa shape index (κ2) is 12.4. The van der Waals surface area contributed by atoms with E-state index < -0.39 is 0 Å². The van der Waals surface area contributed by atoms with Crippen LogP contribution in [0, 0.1) is 0 Å². The quantitative estimate of drug-likeness (QED) is 0.296. The SMILES string of the molecule is COc1cccc(CN(Cc2cccc(-n3ccnc3)c2)c2ccc(OCCN3CCOCC3)cc2)c1. The second-order valence-corrected chi connectivity index (χ2v) is 9.14.